The molecule has 0 unspecified atom stereocenters. The Morgan fingerprint density at radius 2 is 2.00 bits per heavy atom. The molecule has 1 fully saturated rings. The van der Waals surface area contributed by atoms with Crippen molar-refractivity contribution in [1.29, 1.82) is 0 Å². The Bertz CT molecular complexity index is 531. The zero-order valence-corrected chi connectivity index (χ0v) is 15.4. The van der Waals surface area contributed by atoms with E-state index in [4.69, 9.17) is 5.11 Å². The summed E-state index contributed by atoms with van der Waals surface area (Å²) < 4.78 is 12.9. The molecule has 0 aliphatic heterocycles. The Labute approximate surface area is 148 Å². The Kier molecular flexibility index (Phi) is 7.11. The van der Waals surface area contributed by atoms with E-state index >= 15 is 0 Å². The molecule has 1 aromatic rings. The van der Waals surface area contributed by atoms with E-state index in [-0.39, 0.29) is 29.7 Å². The van der Waals surface area contributed by atoms with Gasteiger partial charge in [-0.1, -0.05) is 20.3 Å². The largest absolute Gasteiger partial charge is 0.396 e. The SMILES string of the molecule is C[C@H](CCO)C1(CNC(=O)[C@@H](C)CSc2ccc(F)cc2)CCC1. The number of halogens is 1. The van der Waals surface area contributed by atoms with E-state index in [1.165, 1.54) is 18.6 Å². The summed E-state index contributed by atoms with van der Waals surface area (Å²) in [5.74, 6) is 0.849. The molecule has 1 aliphatic carbocycles. The summed E-state index contributed by atoms with van der Waals surface area (Å²) in [5.41, 5.74) is 0.169. The van der Waals surface area contributed by atoms with Gasteiger partial charge < -0.3 is 10.4 Å². The molecule has 0 aromatic heterocycles. The van der Waals surface area contributed by atoms with Crippen LogP contribution < -0.4 is 5.32 Å². The minimum atomic E-state index is -0.243. The van der Waals surface area contributed by atoms with Crippen LogP contribution in [0.2, 0.25) is 0 Å². The average Bonchev–Trinajstić information content (AvgIpc) is 2.53. The molecule has 1 saturated carbocycles. The van der Waals surface area contributed by atoms with Crippen molar-refractivity contribution in [3.8, 4) is 0 Å². The van der Waals surface area contributed by atoms with Crippen LogP contribution in [0.3, 0.4) is 0 Å². The molecule has 1 aromatic carbocycles. The number of aliphatic hydroxyl groups excluding tert-OH is 1. The lowest BCUT2D eigenvalue weighted by Gasteiger charge is -2.47. The quantitative estimate of drug-likeness (QED) is 0.663. The first-order valence-electron chi connectivity index (χ1n) is 8.74. The van der Waals surface area contributed by atoms with Crippen molar-refractivity contribution in [2.45, 2.75) is 44.4 Å². The molecule has 0 saturated heterocycles. The normalized spacial score (nSPS) is 18.5. The number of thioether (sulfide) groups is 1. The van der Waals surface area contributed by atoms with Gasteiger partial charge in [0.15, 0.2) is 0 Å². The van der Waals surface area contributed by atoms with E-state index < -0.39 is 0 Å². The average molecular weight is 354 g/mol. The number of rotatable bonds is 9. The fraction of sp³-hybridized carbons (Fsp3) is 0.632. The molecule has 0 heterocycles. The highest BCUT2D eigenvalue weighted by Crippen LogP contribution is 2.47. The summed E-state index contributed by atoms with van der Waals surface area (Å²) in [7, 11) is 0. The van der Waals surface area contributed by atoms with Gasteiger partial charge in [-0.3, -0.25) is 4.79 Å². The first kappa shape index (κ1) is 19.3. The number of carbonyl (C=O) groups excluding carboxylic acids is 1. The lowest BCUT2D eigenvalue weighted by atomic mass is 9.60. The number of carbonyl (C=O) groups is 1. The molecule has 1 amide bonds. The summed E-state index contributed by atoms with van der Waals surface area (Å²) in [6.45, 7) is 5.02. The van der Waals surface area contributed by atoms with E-state index in [2.05, 4.69) is 12.2 Å². The van der Waals surface area contributed by atoms with E-state index in [1.54, 1.807) is 23.9 Å². The van der Waals surface area contributed by atoms with E-state index in [9.17, 15) is 9.18 Å². The summed E-state index contributed by atoms with van der Waals surface area (Å²) in [6.07, 6.45) is 4.27. The van der Waals surface area contributed by atoms with Crippen LogP contribution in [-0.2, 0) is 4.79 Å². The van der Waals surface area contributed by atoms with Gasteiger partial charge in [0.25, 0.3) is 0 Å². The second kappa shape index (κ2) is 8.86. The summed E-state index contributed by atoms with van der Waals surface area (Å²) in [5, 5.41) is 12.3. The fourth-order valence-corrected chi connectivity index (χ4v) is 4.16. The van der Waals surface area contributed by atoms with E-state index in [1.807, 2.05) is 6.92 Å². The van der Waals surface area contributed by atoms with Crippen LogP contribution in [0.15, 0.2) is 29.2 Å². The smallest absolute Gasteiger partial charge is 0.223 e. The highest BCUT2D eigenvalue weighted by atomic mass is 32.2. The fourth-order valence-electron chi connectivity index (χ4n) is 3.24. The second-order valence-corrected chi connectivity index (χ2v) is 8.11. The van der Waals surface area contributed by atoms with Gasteiger partial charge in [0.1, 0.15) is 5.82 Å². The molecule has 134 valence electrons. The first-order chi connectivity index (χ1) is 11.5. The maximum Gasteiger partial charge on any atom is 0.223 e. The highest BCUT2D eigenvalue weighted by molar-refractivity contribution is 7.99. The minimum absolute atomic E-state index is 0.0760. The Hall–Kier alpha value is -1.07. The monoisotopic (exact) mass is 353 g/mol. The van der Waals surface area contributed by atoms with Gasteiger partial charge in [-0.25, -0.2) is 4.39 Å². The molecule has 24 heavy (non-hydrogen) atoms. The Morgan fingerprint density at radius 1 is 1.33 bits per heavy atom. The van der Waals surface area contributed by atoms with Crippen molar-refractivity contribution in [3.63, 3.8) is 0 Å². The molecular formula is C19H28FNO2S. The maximum absolute atomic E-state index is 12.9. The number of benzene rings is 1. The van der Waals surface area contributed by atoms with Gasteiger partial charge in [-0.05, 0) is 54.9 Å². The standard InChI is InChI=1S/C19H28FNO2S/c1-14(12-24-17-6-4-16(20)5-7-17)18(23)21-13-19(9-3-10-19)15(2)8-11-22/h4-7,14-15,22H,3,8-13H2,1-2H3,(H,21,23)/t14-,15+/m0/s1. The second-order valence-electron chi connectivity index (χ2n) is 7.01. The molecule has 5 heteroatoms. The van der Waals surface area contributed by atoms with Crippen molar-refractivity contribution in [2.24, 2.45) is 17.3 Å². The molecule has 3 nitrogen and oxygen atoms in total. The van der Waals surface area contributed by atoms with Gasteiger partial charge in [-0.15, -0.1) is 11.8 Å². The van der Waals surface area contributed by atoms with Crippen LogP contribution in [0.25, 0.3) is 0 Å². The van der Waals surface area contributed by atoms with Crippen LogP contribution in [0, 0.1) is 23.1 Å². The lowest BCUT2D eigenvalue weighted by molar-refractivity contribution is -0.125. The topological polar surface area (TPSA) is 49.3 Å². The van der Waals surface area contributed by atoms with Crippen molar-refractivity contribution < 1.29 is 14.3 Å². The number of amides is 1. The molecule has 0 bridgehead atoms. The van der Waals surface area contributed by atoms with Crippen LogP contribution in [-0.4, -0.2) is 29.9 Å². The predicted octanol–water partition coefficient (Wildman–Crippen LogP) is 3.86. The molecule has 2 rings (SSSR count). The summed E-state index contributed by atoms with van der Waals surface area (Å²) >= 11 is 1.57. The third-order valence-corrected chi connectivity index (χ3v) is 6.60. The third kappa shape index (κ3) is 4.96. The van der Waals surface area contributed by atoms with Crippen LogP contribution in [0.5, 0.6) is 0 Å². The number of hydrogen-bond donors (Lipinski definition) is 2. The highest BCUT2D eigenvalue weighted by Gasteiger charge is 2.41. The van der Waals surface area contributed by atoms with Gasteiger partial charge in [0.2, 0.25) is 5.91 Å². The van der Waals surface area contributed by atoms with Crippen LogP contribution in [0.1, 0.15) is 39.5 Å². The maximum atomic E-state index is 12.9. The molecule has 0 spiro atoms. The van der Waals surface area contributed by atoms with E-state index in [0.717, 1.165) is 24.2 Å². The summed E-state index contributed by atoms with van der Waals surface area (Å²) in [4.78, 5) is 13.3. The molecule has 0 radical (unpaired) electrons. The zero-order valence-electron chi connectivity index (χ0n) is 14.6. The van der Waals surface area contributed by atoms with Crippen molar-refractivity contribution in [1.82, 2.24) is 5.32 Å². The van der Waals surface area contributed by atoms with Gasteiger partial charge in [0, 0.05) is 29.7 Å². The molecule has 1 aliphatic rings. The van der Waals surface area contributed by atoms with Crippen LogP contribution in [0.4, 0.5) is 4.39 Å². The Balaban J connectivity index is 1.77. The molecular weight excluding hydrogens is 325 g/mol. The minimum Gasteiger partial charge on any atom is -0.396 e. The van der Waals surface area contributed by atoms with E-state index in [0.29, 0.717) is 18.2 Å². The van der Waals surface area contributed by atoms with Gasteiger partial charge in [-0.2, -0.15) is 0 Å². The van der Waals surface area contributed by atoms with Crippen LogP contribution >= 0.6 is 11.8 Å². The third-order valence-electron chi connectivity index (χ3n) is 5.33. The van der Waals surface area contributed by atoms with Gasteiger partial charge in [0.05, 0.1) is 0 Å². The number of hydrogen-bond acceptors (Lipinski definition) is 3. The first-order valence-corrected chi connectivity index (χ1v) is 9.72. The summed E-state index contributed by atoms with van der Waals surface area (Å²) in [6, 6.07) is 6.36. The Morgan fingerprint density at radius 3 is 2.54 bits per heavy atom. The van der Waals surface area contributed by atoms with Crippen molar-refractivity contribution in [2.75, 3.05) is 18.9 Å². The van der Waals surface area contributed by atoms with Crippen molar-refractivity contribution >= 4 is 17.7 Å². The molecule has 2 N–H and O–H groups in total. The lowest BCUT2D eigenvalue weighted by Crippen LogP contribution is -2.47. The molecule has 2 atom stereocenters. The van der Waals surface area contributed by atoms with Gasteiger partial charge >= 0.3 is 0 Å². The number of nitrogens with one attached hydrogen (secondary N) is 1. The zero-order chi connectivity index (χ0) is 17.6. The van der Waals surface area contributed by atoms with Crippen molar-refractivity contribution in [3.05, 3.63) is 30.1 Å². The predicted molar refractivity (Wildman–Crippen MR) is 96.4 cm³/mol. The number of aliphatic hydroxyl groups is 1.